The predicted octanol–water partition coefficient (Wildman–Crippen LogP) is 4.18. The zero-order chi connectivity index (χ0) is 17.0. The molecule has 0 bridgehead atoms. The molecule has 0 aliphatic rings. The SMILES string of the molecule is O=C(CCCCC(=O)c1ccccc1)NCCCc1ccccc1. The molecule has 0 saturated carbocycles. The minimum Gasteiger partial charge on any atom is -0.356 e. The first kappa shape index (κ1) is 17.9. The highest BCUT2D eigenvalue weighted by Gasteiger charge is 2.06. The van der Waals surface area contributed by atoms with Gasteiger partial charge in [0.25, 0.3) is 0 Å². The highest BCUT2D eigenvalue weighted by atomic mass is 16.1. The number of hydrogen-bond acceptors (Lipinski definition) is 2. The van der Waals surface area contributed by atoms with E-state index in [1.807, 2.05) is 48.5 Å². The lowest BCUT2D eigenvalue weighted by Gasteiger charge is -2.05. The van der Waals surface area contributed by atoms with Crippen molar-refractivity contribution in [3.8, 4) is 0 Å². The van der Waals surface area contributed by atoms with E-state index in [1.54, 1.807) is 0 Å². The summed E-state index contributed by atoms with van der Waals surface area (Å²) < 4.78 is 0. The van der Waals surface area contributed by atoms with Crippen LogP contribution in [0.4, 0.5) is 0 Å². The maximum atomic E-state index is 11.9. The number of nitrogens with one attached hydrogen (secondary N) is 1. The number of aryl methyl sites for hydroxylation is 1. The smallest absolute Gasteiger partial charge is 0.219 e. The normalized spacial score (nSPS) is 10.3. The Labute approximate surface area is 144 Å². The molecule has 126 valence electrons. The van der Waals surface area contributed by atoms with Gasteiger partial charge in [0.2, 0.25) is 5.91 Å². The molecule has 1 amide bonds. The Morgan fingerprint density at radius 1 is 0.750 bits per heavy atom. The third-order valence-corrected chi connectivity index (χ3v) is 3.96. The van der Waals surface area contributed by atoms with E-state index < -0.39 is 0 Å². The van der Waals surface area contributed by atoms with Crippen LogP contribution in [0, 0.1) is 0 Å². The number of rotatable bonds is 10. The van der Waals surface area contributed by atoms with E-state index in [9.17, 15) is 9.59 Å². The molecule has 0 unspecified atom stereocenters. The fourth-order valence-electron chi connectivity index (χ4n) is 2.59. The van der Waals surface area contributed by atoms with Gasteiger partial charge in [-0.3, -0.25) is 9.59 Å². The molecule has 0 aliphatic heterocycles. The number of carbonyl (C=O) groups excluding carboxylic acids is 2. The molecule has 1 N–H and O–H groups in total. The lowest BCUT2D eigenvalue weighted by molar-refractivity contribution is -0.121. The Balaban J connectivity index is 1.51. The number of hydrogen-bond donors (Lipinski definition) is 1. The minimum absolute atomic E-state index is 0.0789. The van der Waals surface area contributed by atoms with E-state index in [0.29, 0.717) is 19.4 Å². The Morgan fingerprint density at radius 2 is 1.38 bits per heavy atom. The fraction of sp³-hybridized carbons (Fsp3) is 0.333. The number of amides is 1. The zero-order valence-electron chi connectivity index (χ0n) is 14.0. The molecule has 0 fully saturated rings. The van der Waals surface area contributed by atoms with E-state index in [2.05, 4.69) is 17.4 Å². The van der Waals surface area contributed by atoms with Gasteiger partial charge in [-0.15, -0.1) is 0 Å². The molecule has 24 heavy (non-hydrogen) atoms. The average molecular weight is 323 g/mol. The lowest BCUT2D eigenvalue weighted by atomic mass is 10.0. The van der Waals surface area contributed by atoms with Gasteiger partial charge in [0.05, 0.1) is 0 Å². The molecule has 2 aromatic carbocycles. The van der Waals surface area contributed by atoms with E-state index >= 15 is 0 Å². The van der Waals surface area contributed by atoms with Crippen LogP contribution in [0.15, 0.2) is 60.7 Å². The van der Waals surface area contributed by atoms with Gasteiger partial charge < -0.3 is 5.32 Å². The van der Waals surface area contributed by atoms with Crippen molar-refractivity contribution < 1.29 is 9.59 Å². The van der Waals surface area contributed by atoms with Gasteiger partial charge in [-0.25, -0.2) is 0 Å². The summed E-state index contributed by atoms with van der Waals surface area (Å²) in [4.78, 5) is 23.7. The van der Waals surface area contributed by atoms with Crippen LogP contribution in [-0.4, -0.2) is 18.2 Å². The molecule has 2 aromatic rings. The van der Waals surface area contributed by atoms with Crippen molar-refractivity contribution in [3.63, 3.8) is 0 Å². The van der Waals surface area contributed by atoms with Gasteiger partial charge in [0, 0.05) is 24.9 Å². The molecule has 3 heteroatoms. The van der Waals surface area contributed by atoms with Crippen molar-refractivity contribution in [1.29, 1.82) is 0 Å². The summed E-state index contributed by atoms with van der Waals surface area (Å²) >= 11 is 0. The van der Waals surface area contributed by atoms with Crippen molar-refractivity contribution >= 4 is 11.7 Å². The molecule has 0 spiro atoms. The first-order valence-corrected chi connectivity index (χ1v) is 8.64. The van der Waals surface area contributed by atoms with Crippen LogP contribution < -0.4 is 5.32 Å². The molecule has 0 aromatic heterocycles. The predicted molar refractivity (Wildman–Crippen MR) is 97.0 cm³/mol. The van der Waals surface area contributed by atoms with E-state index in [-0.39, 0.29) is 11.7 Å². The second-order valence-corrected chi connectivity index (χ2v) is 5.94. The Morgan fingerprint density at radius 3 is 2.08 bits per heavy atom. The lowest BCUT2D eigenvalue weighted by Crippen LogP contribution is -2.24. The van der Waals surface area contributed by atoms with Crippen molar-refractivity contribution in [2.24, 2.45) is 0 Å². The monoisotopic (exact) mass is 323 g/mol. The zero-order valence-corrected chi connectivity index (χ0v) is 14.0. The van der Waals surface area contributed by atoms with Gasteiger partial charge in [-0.05, 0) is 31.2 Å². The molecular weight excluding hydrogens is 298 g/mol. The van der Waals surface area contributed by atoms with Crippen LogP contribution >= 0.6 is 0 Å². The summed E-state index contributed by atoms with van der Waals surface area (Å²) in [5.41, 5.74) is 2.05. The summed E-state index contributed by atoms with van der Waals surface area (Å²) in [5, 5.41) is 2.95. The second-order valence-electron chi connectivity index (χ2n) is 5.94. The van der Waals surface area contributed by atoms with E-state index in [0.717, 1.165) is 31.2 Å². The molecule has 0 atom stereocenters. The highest BCUT2D eigenvalue weighted by molar-refractivity contribution is 5.95. The van der Waals surface area contributed by atoms with Crippen LogP contribution in [0.2, 0.25) is 0 Å². The van der Waals surface area contributed by atoms with Gasteiger partial charge in [-0.2, -0.15) is 0 Å². The number of unbranched alkanes of at least 4 members (excludes halogenated alkanes) is 1. The van der Waals surface area contributed by atoms with E-state index in [1.165, 1.54) is 5.56 Å². The van der Waals surface area contributed by atoms with Crippen LogP contribution in [0.5, 0.6) is 0 Å². The van der Waals surface area contributed by atoms with Crippen LogP contribution in [-0.2, 0) is 11.2 Å². The summed E-state index contributed by atoms with van der Waals surface area (Å²) in [6.07, 6.45) is 4.43. The summed E-state index contributed by atoms with van der Waals surface area (Å²) in [6.45, 7) is 0.705. The van der Waals surface area contributed by atoms with Gasteiger partial charge >= 0.3 is 0 Å². The first-order chi connectivity index (χ1) is 11.8. The number of carbonyl (C=O) groups is 2. The standard InChI is InChI=1S/C21H25NO2/c23-20(19-13-5-2-6-14-19)15-7-8-16-21(24)22-17-9-12-18-10-3-1-4-11-18/h1-6,10-11,13-14H,7-9,12,15-17H2,(H,22,24). The Kier molecular flexibility index (Phi) is 7.75. The Hall–Kier alpha value is -2.42. The third-order valence-electron chi connectivity index (χ3n) is 3.96. The molecule has 0 aliphatic carbocycles. The van der Waals surface area contributed by atoms with Crippen LogP contribution in [0.1, 0.15) is 48.0 Å². The largest absolute Gasteiger partial charge is 0.356 e. The van der Waals surface area contributed by atoms with Crippen molar-refractivity contribution in [1.82, 2.24) is 5.32 Å². The summed E-state index contributed by atoms with van der Waals surface area (Å²) in [6, 6.07) is 19.6. The first-order valence-electron chi connectivity index (χ1n) is 8.64. The molecule has 0 radical (unpaired) electrons. The van der Waals surface area contributed by atoms with E-state index in [4.69, 9.17) is 0 Å². The fourth-order valence-corrected chi connectivity index (χ4v) is 2.59. The summed E-state index contributed by atoms with van der Waals surface area (Å²) in [7, 11) is 0. The van der Waals surface area contributed by atoms with Crippen molar-refractivity contribution in [2.75, 3.05) is 6.54 Å². The van der Waals surface area contributed by atoms with Crippen LogP contribution in [0.25, 0.3) is 0 Å². The molecule has 2 rings (SSSR count). The van der Waals surface area contributed by atoms with Crippen LogP contribution in [0.3, 0.4) is 0 Å². The topological polar surface area (TPSA) is 46.2 Å². The van der Waals surface area contributed by atoms with Crippen molar-refractivity contribution in [3.05, 3.63) is 71.8 Å². The second kappa shape index (κ2) is 10.4. The number of benzene rings is 2. The molecular formula is C21H25NO2. The summed E-state index contributed by atoms with van der Waals surface area (Å²) in [5.74, 6) is 0.231. The van der Waals surface area contributed by atoms with Gasteiger partial charge in [0.15, 0.2) is 5.78 Å². The maximum Gasteiger partial charge on any atom is 0.219 e. The minimum atomic E-state index is 0.0789. The maximum absolute atomic E-state index is 11.9. The van der Waals surface area contributed by atoms with Gasteiger partial charge in [-0.1, -0.05) is 60.7 Å². The molecule has 0 heterocycles. The number of Topliss-reactive ketones (excluding diaryl/α,β-unsaturated/α-hetero) is 1. The molecule has 3 nitrogen and oxygen atoms in total. The Bertz CT molecular complexity index is 623. The quantitative estimate of drug-likeness (QED) is 0.527. The van der Waals surface area contributed by atoms with Gasteiger partial charge in [0.1, 0.15) is 0 Å². The third kappa shape index (κ3) is 6.78. The highest BCUT2D eigenvalue weighted by Crippen LogP contribution is 2.08. The average Bonchev–Trinajstić information content (AvgIpc) is 2.64. The number of ketones is 1. The van der Waals surface area contributed by atoms with Crippen molar-refractivity contribution in [2.45, 2.75) is 38.5 Å². The molecule has 0 saturated heterocycles.